The fraction of sp³-hybridized carbons (Fsp3) is 0.538. The van der Waals surface area contributed by atoms with Gasteiger partial charge in [0, 0.05) is 27.7 Å². The molecule has 1 N–H and O–H groups in total. The number of hydrogen-bond donors (Lipinski definition) is 1. The summed E-state index contributed by atoms with van der Waals surface area (Å²) in [7, 11) is 2.17. The van der Waals surface area contributed by atoms with Crippen LogP contribution in [0.15, 0.2) is 22.7 Å². The lowest BCUT2D eigenvalue weighted by molar-refractivity contribution is 0.324. The van der Waals surface area contributed by atoms with Crippen molar-refractivity contribution in [2.24, 2.45) is 0 Å². The third kappa shape index (κ3) is 6.18. The van der Waals surface area contributed by atoms with Crippen molar-refractivity contribution in [2.75, 3.05) is 26.7 Å². The standard InChI is InChI=1S/C13H20BrIN2/c1-3-6-16-7-8-17(2)10-11-9-12(14)4-5-13(11)15/h4-5,9,16H,3,6-8,10H2,1-2H3. The highest BCUT2D eigenvalue weighted by atomic mass is 127. The van der Waals surface area contributed by atoms with E-state index in [1.165, 1.54) is 15.6 Å². The van der Waals surface area contributed by atoms with Gasteiger partial charge in [-0.15, -0.1) is 0 Å². The zero-order valence-corrected chi connectivity index (χ0v) is 14.2. The van der Waals surface area contributed by atoms with Crippen LogP contribution in [0.25, 0.3) is 0 Å². The summed E-state index contributed by atoms with van der Waals surface area (Å²) in [5.41, 5.74) is 1.39. The molecule has 0 atom stereocenters. The molecule has 2 nitrogen and oxygen atoms in total. The topological polar surface area (TPSA) is 15.3 Å². The van der Waals surface area contributed by atoms with E-state index in [4.69, 9.17) is 0 Å². The zero-order valence-electron chi connectivity index (χ0n) is 10.5. The first-order chi connectivity index (χ1) is 8.13. The minimum atomic E-state index is 1.01. The molecule has 0 unspecified atom stereocenters. The van der Waals surface area contributed by atoms with Gasteiger partial charge in [-0.2, -0.15) is 0 Å². The van der Waals surface area contributed by atoms with Crippen molar-refractivity contribution in [1.29, 1.82) is 0 Å². The summed E-state index contributed by atoms with van der Waals surface area (Å²) in [6.07, 6.45) is 1.20. The van der Waals surface area contributed by atoms with Gasteiger partial charge in [-0.25, -0.2) is 0 Å². The molecule has 0 aliphatic heterocycles. The van der Waals surface area contributed by atoms with Crippen molar-refractivity contribution in [2.45, 2.75) is 19.9 Å². The number of nitrogens with zero attached hydrogens (tertiary/aromatic N) is 1. The van der Waals surface area contributed by atoms with E-state index in [1.54, 1.807) is 0 Å². The average molecular weight is 411 g/mol. The SMILES string of the molecule is CCCNCCN(C)Cc1cc(Br)ccc1I. The van der Waals surface area contributed by atoms with Crippen molar-refractivity contribution < 1.29 is 0 Å². The Labute approximate surface area is 126 Å². The third-order valence-corrected chi connectivity index (χ3v) is 4.09. The second-order valence-electron chi connectivity index (χ2n) is 4.22. The molecule has 4 heteroatoms. The van der Waals surface area contributed by atoms with Gasteiger partial charge in [0.15, 0.2) is 0 Å². The van der Waals surface area contributed by atoms with Gasteiger partial charge < -0.3 is 10.2 Å². The average Bonchev–Trinajstić information content (AvgIpc) is 2.29. The highest BCUT2D eigenvalue weighted by molar-refractivity contribution is 14.1. The molecule has 0 aromatic heterocycles. The van der Waals surface area contributed by atoms with Crippen LogP contribution in [-0.4, -0.2) is 31.6 Å². The minimum Gasteiger partial charge on any atom is -0.315 e. The predicted octanol–water partition coefficient (Wildman–Crippen LogP) is 3.49. The van der Waals surface area contributed by atoms with E-state index in [9.17, 15) is 0 Å². The molecule has 17 heavy (non-hydrogen) atoms. The van der Waals surface area contributed by atoms with E-state index < -0.39 is 0 Å². The summed E-state index contributed by atoms with van der Waals surface area (Å²) >= 11 is 5.92. The molecular formula is C13H20BrIN2. The number of nitrogens with one attached hydrogen (secondary N) is 1. The highest BCUT2D eigenvalue weighted by Gasteiger charge is 2.04. The van der Waals surface area contributed by atoms with Gasteiger partial charge in [-0.1, -0.05) is 22.9 Å². The third-order valence-electron chi connectivity index (χ3n) is 2.55. The smallest absolute Gasteiger partial charge is 0.0242 e. The molecule has 0 aliphatic rings. The fourth-order valence-electron chi connectivity index (χ4n) is 1.61. The molecule has 1 rings (SSSR count). The lowest BCUT2D eigenvalue weighted by Gasteiger charge is -2.18. The summed E-state index contributed by atoms with van der Waals surface area (Å²) in [4.78, 5) is 2.35. The molecule has 0 heterocycles. The van der Waals surface area contributed by atoms with Crippen LogP contribution in [0.1, 0.15) is 18.9 Å². The maximum Gasteiger partial charge on any atom is 0.0242 e. The van der Waals surface area contributed by atoms with E-state index in [1.807, 2.05) is 0 Å². The van der Waals surface area contributed by atoms with Gasteiger partial charge in [-0.3, -0.25) is 0 Å². The number of rotatable bonds is 7. The summed E-state index contributed by atoms with van der Waals surface area (Å²) < 4.78 is 2.49. The Bertz CT molecular complexity index is 344. The molecule has 0 saturated carbocycles. The number of halogens is 2. The van der Waals surface area contributed by atoms with Crippen molar-refractivity contribution in [3.63, 3.8) is 0 Å². The summed E-state index contributed by atoms with van der Waals surface area (Å²) in [5.74, 6) is 0. The van der Waals surface area contributed by atoms with Crippen LogP contribution < -0.4 is 5.32 Å². The van der Waals surface area contributed by atoms with Gasteiger partial charge in [0.05, 0.1) is 0 Å². The molecular weight excluding hydrogens is 391 g/mol. The molecule has 0 amide bonds. The zero-order chi connectivity index (χ0) is 12.7. The lowest BCUT2D eigenvalue weighted by atomic mass is 10.2. The first-order valence-electron chi connectivity index (χ1n) is 5.96. The Morgan fingerprint density at radius 2 is 2.12 bits per heavy atom. The molecule has 0 bridgehead atoms. The maximum atomic E-state index is 3.53. The maximum absolute atomic E-state index is 3.53. The number of likely N-dealkylation sites (N-methyl/N-ethyl adjacent to an activating group) is 1. The van der Waals surface area contributed by atoms with E-state index >= 15 is 0 Å². The van der Waals surface area contributed by atoms with Crippen LogP contribution in [0.3, 0.4) is 0 Å². The van der Waals surface area contributed by atoms with Crippen LogP contribution >= 0.6 is 38.5 Å². The minimum absolute atomic E-state index is 1.01. The van der Waals surface area contributed by atoms with Crippen molar-refractivity contribution >= 4 is 38.5 Å². The monoisotopic (exact) mass is 410 g/mol. The normalized spacial score (nSPS) is 11.1. The Morgan fingerprint density at radius 3 is 2.82 bits per heavy atom. The second-order valence-corrected chi connectivity index (χ2v) is 6.30. The predicted molar refractivity (Wildman–Crippen MR) is 86.4 cm³/mol. The summed E-state index contributed by atoms with van der Waals surface area (Å²) in [5, 5.41) is 3.42. The number of hydrogen-bond acceptors (Lipinski definition) is 2. The van der Waals surface area contributed by atoms with Crippen LogP contribution in [0.5, 0.6) is 0 Å². The van der Waals surface area contributed by atoms with Gasteiger partial charge in [0.2, 0.25) is 0 Å². The molecule has 0 spiro atoms. The quantitative estimate of drug-likeness (QED) is 0.546. The highest BCUT2D eigenvalue weighted by Crippen LogP contribution is 2.19. The first-order valence-corrected chi connectivity index (χ1v) is 7.84. The van der Waals surface area contributed by atoms with Crippen molar-refractivity contribution in [3.05, 3.63) is 31.8 Å². The first kappa shape index (κ1) is 15.4. The lowest BCUT2D eigenvalue weighted by Crippen LogP contribution is -2.29. The second kappa shape index (κ2) is 8.45. The van der Waals surface area contributed by atoms with Gasteiger partial charge in [-0.05, 0) is 66.4 Å². The van der Waals surface area contributed by atoms with Crippen LogP contribution in [-0.2, 0) is 6.54 Å². The number of benzene rings is 1. The van der Waals surface area contributed by atoms with Gasteiger partial charge in [0.1, 0.15) is 0 Å². The van der Waals surface area contributed by atoms with E-state index in [0.717, 1.165) is 30.7 Å². The summed E-state index contributed by atoms with van der Waals surface area (Å²) in [6, 6.07) is 6.45. The van der Waals surface area contributed by atoms with E-state index in [0.29, 0.717) is 0 Å². The van der Waals surface area contributed by atoms with Crippen molar-refractivity contribution in [1.82, 2.24) is 10.2 Å². The molecule has 1 aromatic rings. The van der Waals surface area contributed by atoms with Crippen LogP contribution in [0.2, 0.25) is 0 Å². The fourth-order valence-corrected chi connectivity index (χ4v) is 2.52. The van der Waals surface area contributed by atoms with Gasteiger partial charge in [0.25, 0.3) is 0 Å². The Balaban J connectivity index is 2.39. The Hall–Kier alpha value is 0.350. The van der Waals surface area contributed by atoms with E-state index in [-0.39, 0.29) is 0 Å². The Morgan fingerprint density at radius 1 is 1.35 bits per heavy atom. The Kier molecular flexibility index (Phi) is 7.66. The van der Waals surface area contributed by atoms with Crippen LogP contribution in [0.4, 0.5) is 0 Å². The molecule has 96 valence electrons. The molecule has 0 fully saturated rings. The van der Waals surface area contributed by atoms with Crippen molar-refractivity contribution in [3.8, 4) is 0 Å². The molecule has 1 aromatic carbocycles. The molecule has 0 radical (unpaired) electrons. The summed E-state index contributed by atoms with van der Waals surface area (Å²) in [6.45, 7) is 6.46. The van der Waals surface area contributed by atoms with E-state index in [2.05, 4.69) is 80.9 Å². The van der Waals surface area contributed by atoms with Crippen LogP contribution in [0, 0.1) is 3.57 Å². The largest absolute Gasteiger partial charge is 0.315 e. The molecule has 0 saturated heterocycles. The van der Waals surface area contributed by atoms with Gasteiger partial charge >= 0.3 is 0 Å². The molecule has 0 aliphatic carbocycles.